The Hall–Kier alpha value is -0.710. The molecule has 6 heteroatoms. The molecule has 0 bridgehead atoms. The number of halogens is 2. The van der Waals surface area contributed by atoms with Crippen LogP contribution in [0, 0.1) is 17.3 Å². The highest BCUT2D eigenvalue weighted by Gasteiger charge is 2.32. The van der Waals surface area contributed by atoms with Crippen LogP contribution >= 0.6 is 35.8 Å². The zero-order valence-corrected chi connectivity index (χ0v) is 19.6. The summed E-state index contributed by atoms with van der Waals surface area (Å²) < 4.78 is 0. The molecule has 1 aromatic rings. The van der Waals surface area contributed by atoms with Gasteiger partial charge in [-0.1, -0.05) is 63.7 Å². The Bertz CT molecular complexity index is 727. The molecule has 0 N–H and O–H groups in total. The summed E-state index contributed by atoms with van der Waals surface area (Å²) in [5.41, 5.74) is 0.960. The number of amides is 1. The van der Waals surface area contributed by atoms with Crippen LogP contribution in [0.3, 0.4) is 0 Å². The highest BCUT2D eigenvalue weighted by atomic mass is 35.5. The van der Waals surface area contributed by atoms with Gasteiger partial charge < -0.3 is 4.90 Å². The van der Waals surface area contributed by atoms with Gasteiger partial charge in [0.2, 0.25) is 5.91 Å². The fraction of sp³-hybridized carbons (Fsp3) is 0.636. The molecule has 3 nitrogen and oxygen atoms in total. The maximum absolute atomic E-state index is 13.4. The first-order valence-corrected chi connectivity index (χ1v) is 11.3. The van der Waals surface area contributed by atoms with Crippen molar-refractivity contribution in [2.45, 2.75) is 66.2 Å². The lowest BCUT2D eigenvalue weighted by Gasteiger charge is -2.31. The molecule has 0 radical (unpaired) electrons. The molecule has 0 saturated heterocycles. The van der Waals surface area contributed by atoms with Gasteiger partial charge in [-0.25, -0.2) is 0 Å². The number of hydrogen-bond donors (Lipinski definition) is 1. The molecule has 0 atom stereocenters. The van der Waals surface area contributed by atoms with Gasteiger partial charge >= 0.3 is 0 Å². The average Bonchev–Trinajstić information content (AvgIpc) is 3.12. The molecule has 1 fully saturated rings. The summed E-state index contributed by atoms with van der Waals surface area (Å²) in [6.07, 6.45) is 5.42. The third-order valence-electron chi connectivity index (χ3n) is 5.52. The zero-order chi connectivity index (χ0) is 21.1. The van der Waals surface area contributed by atoms with Gasteiger partial charge in [-0.2, -0.15) is 0 Å². The monoisotopic (exact) mass is 443 g/mol. The lowest BCUT2D eigenvalue weighted by atomic mass is 9.86. The summed E-state index contributed by atoms with van der Waals surface area (Å²) in [5.74, 6) is 0.697. The van der Waals surface area contributed by atoms with Crippen molar-refractivity contribution in [3.63, 3.8) is 0 Å². The molecule has 1 aliphatic rings. The Morgan fingerprint density at radius 2 is 1.75 bits per heavy atom. The van der Waals surface area contributed by atoms with Gasteiger partial charge in [0.15, 0.2) is 5.12 Å². The molecule has 156 valence electrons. The van der Waals surface area contributed by atoms with Crippen molar-refractivity contribution >= 4 is 52.5 Å². The highest BCUT2D eigenvalue weighted by Crippen LogP contribution is 2.38. The van der Waals surface area contributed by atoms with E-state index in [2.05, 4.69) is 26.5 Å². The molecule has 28 heavy (non-hydrogen) atoms. The van der Waals surface area contributed by atoms with E-state index < -0.39 is 5.41 Å². The van der Waals surface area contributed by atoms with Crippen molar-refractivity contribution in [3.05, 3.63) is 27.7 Å². The number of thiol groups is 1. The number of rotatable bonds is 8. The molecule has 0 aromatic heterocycles. The Labute approximate surface area is 184 Å². The maximum atomic E-state index is 13.4. The van der Waals surface area contributed by atoms with Gasteiger partial charge in [0.05, 0.1) is 10.0 Å². The quantitative estimate of drug-likeness (QED) is 0.460. The molecule has 0 spiro atoms. The molecule has 0 heterocycles. The fourth-order valence-corrected chi connectivity index (χ4v) is 4.08. The van der Waals surface area contributed by atoms with E-state index in [0.29, 0.717) is 28.9 Å². The van der Waals surface area contributed by atoms with Crippen LogP contribution in [0.2, 0.25) is 10.0 Å². The third-order valence-corrected chi connectivity index (χ3v) is 6.85. The summed E-state index contributed by atoms with van der Waals surface area (Å²) in [6.45, 7) is 8.64. The lowest BCUT2D eigenvalue weighted by molar-refractivity contribution is -0.122. The van der Waals surface area contributed by atoms with Gasteiger partial charge in [-0.3, -0.25) is 9.59 Å². The lowest BCUT2D eigenvalue weighted by Crippen LogP contribution is -2.38. The van der Waals surface area contributed by atoms with Crippen molar-refractivity contribution in [2.24, 2.45) is 17.3 Å². The summed E-state index contributed by atoms with van der Waals surface area (Å²) in [5, 5.41) is 0.657. The molecule has 0 unspecified atom stereocenters. The van der Waals surface area contributed by atoms with Crippen LogP contribution in [0.15, 0.2) is 12.1 Å². The van der Waals surface area contributed by atoms with Crippen LogP contribution < -0.4 is 4.90 Å². The second kappa shape index (κ2) is 9.86. The summed E-state index contributed by atoms with van der Waals surface area (Å²) in [6, 6.07) is 3.58. The SMILES string of the molecule is CC(C)CCN(C(=O)C1CCCC1)c1cc(Cl)c(Cl)cc1CC(C)(C)C(=O)S. The second-order valence-corrected chi connectivity index (χ2v) is 10.1. The van der Waals surface area contributed by atoms with Gasteiger partial charge in [0.1, 0.15) is 0 Å². The van der Waals surface area contributed by atoms with E-state index >= 15 is 0 Å². The minimum absolute atomic E-state index is 0.0639. The Morgan fingerprint density at radius 1 is 1.18 bits per heavy atom. The van der Waals surface area contributed by atoms with E-state index in [1.807, 2.05) is 18.7 Å². The van der Waals surface area contributed by atoms with Crippen molar-refractivity contribution in [2.75, 3.05) is 11.4 Å². The third kappa shape index (κ3) is 5.90. The predicted octanol–water partition coefficient (Wildman–Crippen LogP) is 6.59. The van der Waals surface area contributed by atoms with Crippen molar-refractivity contribution in [3.8, 4) is 0 Å². The second-order valence-electron chi connectivity index (χ2n) is 8.91. The normalized spacial score (nSPS) is 15.3. The van der Waals surface area contributed by atoms with Crippen molar-refractivity contribution in [1.82, 2.24) is 0 Å². The summed E-state index contributed by atoms with van der Waals surface area (Å²) >= 11 is 16.7. The van der Waals surface area contributed by atoms with E-state index in [1.54, 1.807) is 12.1 Å². The highest BCUT2D eigenvalue weighted by molar-refractivity contribution is 7.96. The van der Waals surface area contributed by atoms with Crippen LogP contribution in [0.25, 0.3) is 0 Å². The molecular weight excluding hydrogens is 413 g/mol. The zero-order valence-electron chi connectivity index (χ0n) is 17.2. The Kier molecular flexibility index (Phi) is 8.30. The number of carbonyl (C=O) groups is 2. The van der Waals surface area contributed by atoms with Crippen LogP contribution in [0.5, 0.6) is 0 Å². The Balaban J connectivity index is 2.48. The van der Waals surface area contributed by atoms with E-state index in [-0.39, 0.29) is 16.9 Å². The first-order chi connectivity index (χ1) is 13.0. The molecule has 1 aliphatic carbocycles. The predicted molar refractivity (Wildman–Crippen MR) is 122 cm³/mol. The van der Waals surface area contributed by atoms with E-state index in [1.165, 1.54) is 0 Å². The molecule has 1 aromatic carbocycles. The van der Waals surface area contributed by atoms with E-state index in [4.69, 9.17) is 23.2 Å². The van der Waals surface area contributed by atoms with Crippen LogP contribution in [-0.2, 0) is 16.0 Å². The number of nitrogens with zero attached hydrogens (tertiary/aromatic N) is 1. The van der Waals surface area contributed by atoms with E-state index in [0.717, 1.165) is 43.4 Å². The van der Waals surface area contributed by atoms with Crippen molar-refractivity contribution < 1.29 is 9.59 Å². The van der Waals surface area contributed by atoms with Gasteiger partial charge in [-0.05, 0) is 49.3 Å². The number of benzene rings is 1. The topological polar surface area (TPSA) is 37.4 Å². The largest absolute Gasteiger partial charge is 0.312 e. The summed E-state index contributed by atoms with van der Waals surface area (Å²) in [7, 11) is 0. The van der Waals surface area contributed by atoms with Crippen LogP contribution in [0.4, 0.5) is 5.69 Å². The van der Waals surface area contributed by atoms with E-state index in [9.17, 15) is 9.59 Å². The molecular formula is C22H31Cl2NO2S. The fourth-order valence-electron chi connectivity index (χ4n) is 3.65. The molecule has 2 rings (SSSR count). The maximum Gasteiger partial charge on any atom is 0.230 e. The van der Waals surface area contributed by atoms with Crippen LogP contribution in [0.1, 0.15) is 65.4 Å². The number of hydrogen-bond acceptors (Lipinski definition) is 2. The molecule has 1 amide bonds. The average molecular weight is 444 g/mol. The minimum Gasteiger partial charge on any atom is -0.312 e. The minimum atomic E-state index is -0.671. The first-order valence-electron chi connectivity index (χ1n) is 10.1. The summed E-state index contributed by atoms with van der Waals surface area (Å²) in [4.78, 5) is 27.2. The molecule has 1 saturated carbocycles. The number of carbonyl (C=O) groups excluding carboxylic acids is 2. The molecule has 0 aliphatic heterocycles. The number of anilines is 1. The van der Waals surface area contributed by atoms with Gasteiger partial charge in [0, 0.05) is 23.6 Å². The van der Waals surface area contributed by atoms with Crippen LogP contribution in [-0.4, -0.2) is 17.6 Å². The van der Waals surface area contributed by atoms with Gasteiger partial charge in [-0.15, -0.1) is 12.6 Å². The Morgan fingerprint density at radius 3 is 2.29 bits per heavy atom. The first kappa shape index (κ1) is 23.6. The smallest absolute Gasteiger partial charge is 0.230 e. The van der Waals surface area contributed by atoms with Crippen molar-refractivity contribution in [1.29, 1.82) is 0 Å². The van der Waals surface area contributed by atoms with Gasteiger partial charge in [0.25, 0.3) is 0 Å². The standard InChI is InChI=1S/C22H31Cl2NO2S/c1-14(2)9-10-25(20(26)15-7-5-6-8-15)19-12-18(24)17(23)11-16(19)13-22(3,4)21(27)28/h11-12,14-15H,5-10,13H2,1-4H3,(H,27,28).